The van der Waals surface area contributed by atoms with Gasteiger partial charge in [0, 0.05) is 3.57 Å². The minimum Gasteiger partial charge on any atom is -0.489 e. The first-order valence-electron chi connectivity index (χ1n) is 11.0. The van der Waals surface area contributed by atoms with Crippen LogP contribution in [0.2, 0.25) is 0 Å². The molecule has 0 N–H and O–H groups in total. The van der Waals surface area contributed by atoms with E-state index in [1.807, 2.05) is 25.1 Å². The van der Waals surface area contributed by atoms with Crippen LogP contribution in [0, 0.1) is 10.5 Å². The lowest BCUT2D eigenvalue weighted by molar-refractivity contribution is -0.142. The third-order valence-corrected chi connectivity index (χ3v) is 6.40. The van der Waals surface area contributed by atoms with Crippen molar-refractivity contribution < 1.29 is 19.0 Å². The molecule has 1 aliphatic rings. The van der Waals surface area contributed by atoms with E-state index in [-0.39, 0.29) is 6.61 Å². The second kappa shape index (κ2) is 10.9. The number of esters is 1. The van der Waals surface area contributed by atoms with Crippen molar-refractivity contribution in [2.45, 2.75) is 25.7 Å². The molecule has 1 fully saturated rings. The third-order valence-electron chi connectivity index (χ3n) is 5.68. The molecule has 0 saturated heterocycles. The molecule has 170 valence electrons. The molecule has 1 aliphatic carbocycles. The lowest BCUT2D eigenvalue weighted by atomic mass is 9.96. The van der Waals surface area contributed by atoms with E-state index in [0.29, 0.717) is 12.4 Å². The van der Waals surface area contributed by atoms with Crippen molar-refractivity contribution in [1.82, 2.24) is 0 Å². The van der Waals surface area contributed by atoms with Gasteiger partial charge in [0.15, 0.2) is 6.61 Å². The largest absolute Gasteiger partial charge is 0.489 e. The number of halogens is 1. The fraction of sp³-hybridized carbons (Fsp3) is 0.250. The van der Waals surface area contributed by atoms with Gasteiger partial charge in [-0.2, -0.15) is 0 Å². The summed E-state index contributed by atoms with van der Waals surface area (Å²) in [5.74, 6) is 1.72. The Labute approximate surface area is 208 Å². The molecule has 5 heteroatoms. The van der Waals surface area contributed by atoms with E-state index >= 15 is 0 Å². The minimum atomic E-state index is -0.409. The normalized spacial score (nSPS) is 13.5. The summed E-state index contributed by atoms with van der Waals surface area (Å²) in [6.07, 6.45) is 4.74. The first-order valence-corrected chi connectivity index (χ1v) is 12.1. The highest BCUT2D eigenvalue weighted by molar-refractivity contribution is 14.1. The summed E-state index contributed by atoms with van der Waals surface area (Å²) in [5, 5.41) is 0. The Morgan fingerprint density at radius 1 is 0.970 bits per heavy atom. The average Bonchev–Trinajstić information content (AvgIpc) is 3.68. The van der Waals surface area contributed by atoms with Crippen molar-refractivity contribution in [3.8, 4) is 11.5 Å². The maximum absolute atomic E-state index is 11.3. The maximum atomic E-state index is 11.3. The van der Waals surface area contributed by atoms with Gasteiger partial charge in [-0.05, 0) is 113 Å². The Bertz CT molecular complexity index is 1130. The van der Waals surface area contributed by atoms with Gasteiger partial charge in [-0.25, -0.2) is 4.79 Å². The van der Waals surface area contributed by atoms with Crippen molar-refractivity contribution in [3.05, 3.63) is 98.6 Å². The number of rotatable bonds is 9. The molecule has 3 aromatic rings. The predicted octanol–water partition coefficient (Wildman–Crippen LogP) is 6.54. The molecule has 0 heterocycles. The SMILES string of the molecule is COC(=O)COc1ccc(OC/C=C(\c2ccc(I)cc2)c2ccc(C3CC3)cc2)cc1C. The Kier molecular flexibility index (Phi) is 7.70. The van der Waals surface area contributed by atoms with E-state index in [1.165, 1.54) is 40.2 Å². The predicted molar refractivity (Wildman–Crippen MR) is 139 cm³/mol. The van der Waals surface area contributed by atoms with Crippen LogP contribution in [0.5, 0.6) is 11.5 Å². The van der Waals surface area contributed by atoms with Gasteiger partial charge in [-0.1, -0.05) is 36.4 Å². The minimum absolute atomic E-state index is 0.112. The molecule has 0 atom stereocenters. The quantitative estimate of drug-likeness (QED) is 0.223. The summed E-state index contributed by atoms with van der Waals surface area (Å²) in [5.41, 5.74) is 5.84. The van der Waals surface area contributed by atoms with Crippen LogP contribution < -0.4 is 9.47 Å². The van der Waals surface area contributed by atoms with Crippen LogP contribution in [0.3, 0.4) is 0 Å². The number of hydrogen-bond donors (Lipinski definition) is 0. The molecule has 0 amide bonds. The van der Waals surface area contributed by atoms with Gasteiger partial charge in [0.05, 0.1) is 7.11 Å². The zero-order valence-electron chi connectivity index (χ0n) is 18.8. The number of carbonyl (C=O) groups excluding carboxylic acids is 1. The number of carbonyl (C=O) groups is 1. The van der Waals surface area contributed by atoms with E-state index in [0.717, 1.165) is 22.8 Å². The number of aryl methyl sites for hydroxylation is 1. The van der Waals surface area contributed by atoms with Crippen LogP contribution in [0.1, 0.15) is 41.0 Å². The summed E-state index contributed by atoms with van der Waals surface area (Å²) in [6, 6.07) is 23.1. The topological polar surface area (TPSA) is 44.8 Å². The van der Waals surface area contributed by atoms with Crippen LogP contribution >= 0.6 is 22.6 Å². The summed E-state index contributed by atoms with van der Waals surface area (Å²) < 4.78 is 17.4. The summed E-state index contributed by atoms with van der Waals surface area (Å²) >= 11 is 2.33. The maximum Gasteiger partial charge on any atom is 0.343 e. The molecule has 4 nitrogen and oxygen atoms in total. The first kappa shape index (κ1) is 23.4. The number of methoxy groups -OCH3 is 1. The molecule has 0 spiro atoms. The van der Waals surface area contributed by atoms with Gasteiger partial charge in [0.2, 0.25) is 0 Å². The Balaban J connectivity index is 1.48. The van der Waals surface area contributed by atoms with Crippen LogP contribution in [0.25, 0.3) is 5.57 Å². The zero-order valence-corrected chi connectivity index (χ0v) is 21.0. The van der Waals surface area contributed by atoms with Crippen LogP contribution in [0.4, 0.5) is 0 Å². The van der Waals surface area contributed by atoms with E-state index in [9.17, 15) is 4.79 Å². The van der Waals surface area contributed by atoms with E-state index < -0.39 is 5.97 Å². The van der Waals surface area contributed by atoms with E-state index in [4.69, 9.17) is 9.47 Å². The molecule has 4 rings (SSSR count). The second-order valence-corrected chi connectivity index (χ2v) is 9.37. The van der Waals surface area contributed by atoms with Crippen molar-refractivity contribution in [2.75, 3.05) is 20.3 Å². The Morgan fingerprint density at radius 3 is 2.24 bits per heavy atom. The van der Waals surface area contributed by atoms with Crippen molar-refractivity contribution in [1.29, 1.82) is 0 Å². The highest BCUT2D eigenvalue weighted by Gasteiger charge is 2.23. The fourth-order valence-electron chi connectivity index (χ4n) is 3.67. The highest BCUT2D eigenvalue weighted by atomic mass is 127. The van der Waals surface area contributed by atoms with E-state index in [2.05, 4.69) is 81.9 Å². The molecular weight excluding hydrogens is 527 g/mol. The monoisotopic (exact) mass is 554 g/mol. The molecule has 1 saturated carbocycles. The lowest BCUT2D eigenvalue weighted by Gasteiger charge is -2.12. The third kappa shape index (κ3) is 6.38. The number of hydrogen-bond acceptors (Lipinski definition) is 4. The molecule has 3 aromatic carbocycles. The molecule has 0 radical (unpaired) electrons. The van der Waals surface area contributed by atoms with E-state index in [1.54, 1.807) is 0 Å². The number of benzene rings is 3. The number of ether oxygens (including phenoxy) is 3. The van der Waals surface area contributed by atoms with Crippen LogP contribution in [-0.2, 0) is 9.53 Å². The molecule has 33 heavy (non-hydrogen) atoms. The van der Waals surface area contributed by atoms with Gasteiger partial charge < -0.3 is 14.2 Å². The van der Waals surface area contributed by atoms with Crippen molar-refractivity contribution in [2.24, 2.45) is 0 Å². The first-order chi connectivity index (χ1) is 16.0. The van der Waals surface area contributed by atoms with Gasteiger partial charge in [0.25, 0.3) is 0 Å². The zero-order chi connectivity index (χ0) is 23.2. The van der Waals surface area contributed by atoms with Crippen molar-refractivity contribution >= 4 is 34.1 Å². The molecule has 0 unspecified atom stereocenters. The van der Waals surface area contributed by atoms with Crippen LogP contribution in [-0.4, -0.2) is 26.3 Å². The van der Waals surface area contributed by atoms with Crippen molar-refractivity contribution in [3.63, 3.8) is 0 Å². The van der Waals surface area contributed by atoms with Gasteiger partial charge in [0.1, 0.15) is 18.1 Å². The summed E-state index contributed by atoms with van der Waals surface area (Å²) in [4.78, 5) is 11.3. The Hall–Kier alpha value is -2.80. The van der Waals surface area contributed by atoms with Gasteiger partial charge >= 0.3 is 5.97 Å². The standard InChI is InChI=1S/C28H27IO4/c1-19-17-25(13-14-27(19)33-18-28(30)31-2)32-16-15-26(23-9-11-24(29)12-10-23)22-7-5-21(6-8-22)20-3-4-20/h5-15,17,20H,3-4,16,18H2,1-2H3/b26-15-. The average molecular weight is 554 g/mol. The smallest absolute Gasteiger partial charge is 0.343 e. The lowest BCUT2D eigenvalue weighted by Crippen LogP contribution is -2.13. The van der Waals surface area contributed by atoms with Gasteiger partial charge in [-0.3, -0.25) is 0 Å². The van der Waals surface area contributed by atoms with Crippen LogP contribution in [0.15, 0.2) is 72.8 Å². The Morgan fingerprint density at radius 2 is 1.64 bits per heavy atom. The molecular formula is C28H27IO4. The molecule has 0 bridgehead atoms. The highest BCUT2D eigenvalue weighted by Crippen LogP contribution is 2.40. The fourth-order valence-corrected chi connectivity index (χ4v) is 4.03. The molecule has 0 aliphatic heterocycles. The van der Waals surface area contributed by atoms with Gasteiger partial charge in [-0.15, -0.1) is 0 Å². The molecule has 0 aromatic heterocycles. The summed E-state index contributed by atoms with van der Waals surface area (Å²) in [7, 11) is 1.34. The second-order valence-electron chi connectivity index (χ2n) is 8.12. The summed E-state index contributed by atoms with van der Waals surface area (Å²) in [6.45, 7) is 2.25.